The van der Waals surface area contributed by atoms with Crippen molar-refractivity contribution in [3.8, 4) is 11.1 Å². The molecule has 0 aliphatic carbocycles. The summed E-state index contributed by atoms with van der Waals surface area (Å²) in [4.78, 5) is 3.35. The maximum Gasteiger partial charge on any atom is 0.243 e. The van der Waals surface area contributed by atoms with E-state index in [0.717, 1.165) is 16.5 Å². The lowest BCUT2D eigenvalue weighted by molar-refractivity contribution is 0.310. The molecule has 0 amide bonds. The summed E-state index contributed by atoms with van der Waals surface area (Å²) in [5.41, 5.74) is 2.52. The van der Waals surface area contributed by atoms with Crippen molar-refractivity contribution in [2.45, 2.75) is 17.9 Å². The minimum absolute atomic E-state index is 0.143. The van der Waals surface area contributed by atoms with Gasteiger partial charge in [0.15, 0.2) is 0 Å². The van der Waals surface area contributed by atoms with Crippen molar-refractivity contribution in [3.05, 3.63) is 54.5 Å². The predicted octanol–water partition coefficient (Wildman–Crippen LogP) is 2.96. The molecule has 4 rings (SSSR count). The van der Waals surface area contributed by atoms with Crippen LogP contribution in [0.2, 0.25) is 0 Å². The van der Waals surface area contributed by atoms with E-state index in [9.17, 15) is 12.8 Å². The third kappa shape index (κ3) is 3.02. The van der Waals surface area contributed by atoms with E-state index in [-0.39, 0.29) is 11.9 Å². The van der Waals surface area contributed by atoms with Crippen LogP contribution in [0, 0.1) is 5.82 Å². The highest BCUT2D eigenvalue weighted by molar-refractivity contribution is 7.89. The Morgan fingerprint density at radius 1 is 1.15 bits per heavy atom. The second kappa shape index (κ2) is 6.50. The van der Waals surface area contributed by atoms with Crippen molar-refractivity contribution in [1.29, 1.82) is 0 Å². The van der Waals surface area contributed by atoms with Crippen molar-refractivity contribution in [2.75, 3.05) is 19.6 Å². The third-order valence-corrected chi connectivity index (χ3v) is 6.66. The highest BCUT2D eigenvalue weighted by atomic mass is 32.2. The molecule has 1 saturated heterocycles. The molecule has 1 aliphatic rings. The molecule has 2 N–H and O–H groups in total. The molecule has 1 aromatic heterocycles. The van der Waals surface area contributed by atoms with Crippen LogP contribution in [0.5, 0.6) is 0 Å². The van der Waals surface area contributed by atoms with Crippen molar-refractivity contribution in [1.82, 2.24) is 14.6 Å². The van der Waals surface area contributed by atoms with E-state index in [0.29, 0.717) is 30.0 Å². The summed E-state index contributed by atoms with van der Waals surface area (Å²) in [7, 11) is -3.49. The summed E-state index contributed by atoms with van der Waals surface area (Å²) in [5.74, 6) is -0.294. The van der Waals surface area contributed by atoms with Crippen LogP contribution >= 0.6 is 0 Å². The minimum Gasteiger partial charge on any atom is -0.360 e. The number of nitrogens with zero attached hydrogens (tertiary/aromatic N) is 1. The molecule has 0 radical (unpaired) electrons. The number of aromatic amines is 1. The summed E-state index contributed by atoms with van der Waals surface area (Å²) in [5, 5.41) is 4.15. The maximum atomic E-state index is 13.3. The number of benzene rings is 2. The van der Waals surface area contributed by atoms with Gasteiger partial charge in [0.1, 0.15) is 5.82 Å². The minimum atomic E-state index is -3.49. The van der Waals surface area contributed by atoms with E-state index in [1.165, 1.54) is 16.4 Å². The molecule has 1 aliphatic heterocycles. The molecule has 3 aromatic rings. The van der Waals surface area contributed by atoms with Crippen LogP contribution in [0.25, 0.3) is 22.0 Å². The van der Waals surface area contributed by atoms with Gasteiger partial charge in [-0.1, -0.05) is 12.1 Å². The molecule has 136 valence electrons. The van der Waals surface area contributed by atoms with Gasteiger partial charge >= 0.3 is 0 Å². The largest absolute Gasteiger partial charge is 0.360 e. The standard InChI is InChI=1S/C19H20FN3O2S/c1-13-12-23(9-8-21-13)26(24,25)16-5-2-14(3-6-16)18-11-22-19-10-15(20)4-7-17(18)19/h2-7,10-11,13,21-22H,8-9,12H2,1H3/t13-/m1/s1. The smallest absolute Gasteiger partial charge is 0.243 e. The fourth-order valence-corrected chi connectivity index (χ4v) is 4.94. The number of piperazine rings is 1. The number of rotatable bonds is 3. The monoisotopic (exact) mass is 373 g/mol. The molecule has 26 heavy (non-hydrogen) atoms. The molecule has 2 aromatic carbocycles. The van der Waals surface area contributed by atoms with E-state index in [1.54, 1.807) is 30.3 Å². The predicted molar refractivity (Wildman–Crippen MR) is 99.9 cm³/mol. The highest BCUT2D eigenvalue weighted by Crippen LogP contribution is 2.30. The zero-order valence-electron chi connectivity index (χ0n) is 14.4. The third-order valence-electron chi connectivity index (χ3n) is 4.78. The lowest BCUT2D eigenvalue weighted by atomic mass is 10.1. The Morgan fingerprint density at radius 2 is 1.92 bits per heavy atom. The van der Waals surface area contributed by atoms with Crippen LogP contribution in [0.3, 0.4) is 0 Å². The van der Waals surface area contributed by atoms with Crippen molar-refractivity contribution >= 4 is 20.9 Å². The molecular weight excluding hydrogens is 353 g/mol. The van der Waals surface area contributed by atoms with Crippen molar-refractivity contribution in [3.63, 3.8) is 0 Å². The van der Waals surface area contributed by atoms with Crippen LogP contribution in [0.1, 0.15) is 6.92 Å². The second-order valence-corrected chi connectivity index (χ2v) is 8.57. The molecule has 1 fully saturated rings. The molecule has 0 unspecified atom stereocenters. The van der Waals surface area contributed by atoms with E-state index in [4.69, 9.17) is 0 Å². The van der Waals surface area contributed by atoms with Crippen LogP contribution in [0.15, 0.2) is 53.6 Å². The first kappa shape index (κ1) is 17.2. The van der Waals surface area contributed by atoms with E-state index in [2.05, 4.69) is 10.3 Å². The number of nitrogens with one attached hydrogen (secondary N) is 2. The molecule has 5 nitrogen and oxygen atoms in total. The molecule has 0 saturated carbocycles. The number of aromatic nitrogens is 1. The fraction of sp³-hybridized carbons (Fsp3) is 0.263. The van der Waals surface area contributed by atoms with Crippen LogP contribution < -0.4 is 5.32 Å². The topological polar surface area (TPSA) is 65.2 Å². The van der Waals surface area contributed by atoms with Gasteiger partial charge in [-0.05, 0) is 42.8 Å². The van der Waals surface area contributed by atoms with Gasteiger partial charge < -0.3 is 10.3 Å². The van der Waals surface area contributed by atoms with Gasteiger partial charge in [-0.2, -0.15) is 4.31 Å². The Labute approximate surface area is 151 Å². The van der Waals surface area contributed by atoms with E-state index >= 15 is 0 Å². The molecule has 1 atom stereocenters. The summed E-state index contributed by atoms with van der Waals surface area (Å²) >= 11 is 0. The highest BCUT2D eigenvalue weighted by Gasteiger charge is 2.28. The number of halogens is 1. The Morgan fingerprint density at radius 3 is 2.65 bits per heavy atom. The summed E-state index contributed by atoms with van der Waals surface area (Å²) in [6.45, 7) is 3.58. The zero-order chi connectivity index (χ0) is 18.3. The normalized spacial score (nSPS) is 19.1. The zero-order valence-corrected chi connectivity index (χ0v) is 15.2. The summed E-state index contributed by atoms with van der Waals surface area (Å²) < 4.78 is 40.5. The van der Waals surface area contributed by atoms with Crippen LogP contribution in [-0.4, -0.2) is 43.4 Å². The molecule has 2 heterocycles. The van der Waals surface area contributed by atoms with E-state index < -0.39 is 10.0 Å². The van der Waals surface area contributed by atoms with Gasteiger partial charge in [-0.3, -0.25) is 0 Å². The number of sulfonamides is 1. The quantitative estimate of drug-likeness (QED) is 0.742. The SMILES string of the molecule is C[C@@H]1CN(S(=O)(=O)c2ccc(-c3c[nH]c4cc(F)ccc34)cc2)CCN1. The number of fused-ring (bicyclic) bond motifs is 1. The van der Waals surface area contributed by atoms with Gasteiger partial charge in [-0.25, -0.2) is 12.8 Å². The van der Waals surface area contributed by atoms with Crippen LogP contribution in [0.4, 0.5) is 4.39 Å². The van der Waals surface area contributed by atoms with Crippen LogP contribution in [-0.2, 0) is 10.0 Å². The Hall–Kier alpha value is -2.22. The van der Waals surface area contributed by atoms with Gasteiger partial charge in [0.25, 0.3) is 0 Å². The molecule has 7 heteroatoms. The molecular formula is C19H20FN3O2S. The first-order chi connectivity index (χ1) is 12.4. The van der Waals surface area contributed by atoms with Gasteiger partial charge in [-0.15, -0.1) is 0 Å². The lowest BCUT2D eigenvalue weighted by Gasteiger charge is -2.31. The van der Waals surface area contributed by atoms with E-state index in [1.807, 2.05) is 13.1 Å². The number of H-pyrrole nitrogens is 1. The summed E-state index contributed by atoms with van der Waals surface area (Å²) in [6, 6.07) is 11.6. The Kier molecular flexibility index (Phi) is 4.30. The number of hydrogen-bond donors (Lipinski definition) is 2. The number of hydrogen-bond acceptors (Lipinski definition) is 3. The van der Waals surface area contributed by atoms with Gasteiger partial charge in [0.2, 0.25) is 10.0 Å². The average Bonchev–Trinajstić information content (AvgIpc) is 3.05. The second-order valence-electron chi connectivity index (χ2n) is 6.63. The Balaban J connectivity index is 1.66. The van der Waals surface area contributed by atoms with Crippen molar-refractivity contribution < 1.29 is 12.8 Å². The average molecular weight is 373 g/mol. The summed E-state index contributed by atoms with van der Waals surface area (Å²) in [6.07, 6.45) is 1.81. The Bertz CT molecular complexity index is 1040. The first-order valence-corrected chi connectivity index (χ1v) is 10.00. The van der Waals surface area contributed by atoms with Gasteiger partial charge in [0, 0.05) is 48.3 Å². The lowest BCUT2D eigenvalue weighted by Crippen LogP contribution is -2.51. The first-order valence-electron chi connectivity index (χ1n) is 8.56. The van der Waals surface area contributed by atoms with Gasteiger partial charge in [0.05, 0.1) is 4.90 Å². The molecule has 0 spiro atoms. The molecule has 0 bridgehead atoms. The maximum absolute atomic E-state index is 13.3. The fourth-order valence-electron chi connectivity index (χ4n) is 3.41. The van der Waals surface area contributed by atoms with Crippen molar-refractivity contribution in [2.24, 2.45) is 0 Å².